The van der Waals surface area contributed by atoms with Crippen LogP contribution in [0.3, 0.4) is 0 Å². The second kappa shape index (κ2) is 8.64. The number of hydrogen-bond acceptors (Lipinski definition) is 3. The Morgan fingerprint density at radius 1 is 1.33 bits per heavy atom. The fraction of sp³-hybridized carbons (Fsp3) is 0.263. The number of phenolic OH excluding ortho intramolecular Hbond substituents is 1. The number of carbonyl (C=O) groups is 1. The first-order valence-corrected chi connectivity index (χ1v) is 8.72. The highest BCUT2D eigenvalue weighted by molar-refractivity contribution is 9.10. The van der Waals surface area contributed by atoms with Gasteiger partial charge in [-0.1, -0.05) is 35.3 Å². The molecule has 2 rings (SSSR count). The molecule has 0 fully saturated rings. The summed E-state index contributed by atoms with van der Waals surface area (Å²) in [5.74, 6) is 0.226. The molecule has 2 N–H and O–H groups in total. The summed E-state index contributed by atoms with van der Waals surface area (Å²) in [5, 5.41) is 13.0. The number of nitrogens with zero attached hydrogens (tertiary/aromatic N) is 1. The van der Waals surface area contributed by atoms with Gasteiger partial charge in [-0.15, -0.1) is 0 Å². The first kappa shape index (κ1) is 18.2. The molecule has 1 amide bonds. The van der Waals surface area contributed by atoms with E-state index in [2.05, 4.69) is 33.2 Å². The molecule has 0 aliphatic carbocycles. The molecule has 0 aliphatic rings. The molecule has 0 saturated heterocycles. The molecule has 0 bridgehead atoms. The van der Waals surface area contributed by atoms with Crippen LogP contribution in [-0.2, 0) is 4.79 Å². The van der Waals surface area contributed by atoms with Crippen LogP contribution in [0.1, 0.15) is 37.3 Å². The number of rotatable bonds is 6. The molecule has 4 nitrogen and oxygen atoms in total. The summed E-state index contributed by atoms with van der Waals surface area (Å²) < 4.78 is 0.885. The van der Waals surface area contributed by atoms with E-state index in [1.807, 2.05) is 43.3 Å². The smallest absolute Gasteiger partial charge is 0.224 e. The molecular formula is C19H21BrN2O2. The summed E-state index contributed by atoms with van der Waals surface area (Å²) in [4.78, 5) is 16.2. The predicted octanol–water partition coefficient (Wildman–Crippen LogP) is 5.34. The fourth-order valence-corrected chi connectivity index (χ4v) is 2.82. The molecule has 24 heavy (non-hydrogen) atoms. The van der Waals surface area contributed by atoms with Crippen molar-refractivity contribution in [1.82, 2.24) is 0 Å². The van der Waals surface area contributed by atoms with Crippen molar-refractivity contribution in [3.63, 3.8) is 0 Å². The second-order valence-electron chi connectivity index (χ2n) is 5.62. The fourth-order valence-electron chi connectivity index (χ4n) is 2.23. The molecule has 126 valence electrons. The van der Waals surface area contributed by atoms with Gasteiger partial charge in [-0.25, -0.2) is 0 Å². The van der Waals surface area contributed by atoms with Gasteiger partial charge in [0.2, 0.25) is 5.91 Å². The number of carbonyl (C=O) groups excluding carboxylic acids is 1. The van der Waals surface area contributed by atoms with Crippen LogP contribution in [0.2, 0.25) is 0 Å². The number of aromatic hydroxyl groups is 1. The average molecular weight is 389 g/mol. The van der Waals surface area contributed by atoms with Crippen LogP contribution in [0.5, 0.6) is 5.75 Å². The maximum atomic E-state index is 11.8. The van der Waals surface area contributed by atoms with Crippen LogP contribution in [-0.4, -0.2) is 17.2 Å². The summed E-state index contributed by atoms with van der Waals surface area (Å²) in [5.41, 5.74) is 2.85. The first-order valence-electron chi connectivity index (χ1n) is 7.92. The van der Waals surface area contributed by atoms with Crippen molar-refractivity contribution in [3.8, 4) is 5.75 Å². The van der Waals surface area contributed by atoms with Crippen molar-refractivity contribution >= 4 is 39.4 Å². The summed E-state index contributed by atoms with van der Waals surface area (Å²) in [6, 6.07) is 11.0. The second-order valence-corrected chi connectivity index (χ2v) is 6.54. The van der Waals surface area contributed by atoms with E-state index in [0.29, 0.717) is 17.7 Å². The van der Waals surface area contributed by atoms with Gasteiger partial charge < -0.3 is 10.4 Å². The lowest BCUT2D eigenvalue weighted by Gasteiger charge is -2.06. The quantitative estimate of drug-likeness (QED) is 0.655. The predicted molar refractivity (Wildman–Crippen MR) is 102 cm³/mol. The van der Waals surface area contributed by atoms with Crippen LogP contribution in [0.4, 0.5) is 11.4 Å². The van der Waals surface area contributed by atoms with Gasteiger partial charge >= 0.3 is 0 Å². The van der Waals surface area contributed by atoms with Crippen molar-refractivity contribution in [2.75, 3.05) is 5.32 Å². The minimum Gasteiger partial charge on any atom is -0.507 e. The third-order valence-corrected chi connectivity index (χ3v) is 3.99. The first-order chi connectivity index (χ1) is 11.5. The molecule has 2 aromatic carbocycles. The molecule has 0 aliphatic heterocycles. The van der Waals surface area contributed by atoms with E-state index in [1.165, 1.54) is 0 Å². The Bertz CT molecular complexity index is 757. The van der Waals surface area contributed by atoms with Crippen molar-refractivity contribution in [2.24, 2.45) is 4.99 Å². The van der Waals surface area contributed by atoms with Gasteiger partial charge in [-0.3, -0.25) is 9.79 Å². The number of benzene rings is 2. The number of hydrogen-bond donors (Lipinski definition) is 2. The molecule has 0 spiro atoms. The van der Waals surface area contributed by atoms with E-state index < -0.39 is 0 Å². The van der Waals surface area contributed by atoms with E-state index >= 15 is 0 Å². The van der Waals surface area contributed by atoms with E-state index in [1.54, 1.807) is 6.21 Å². The molecule has 0 atom stereocenters. The molecule has 0 radical (unpaired) electrons. The van der Waals surface area contributed by atoms with Crippen LogP contribution in [0.25, 0.3) is 0 Å². The number of phenols is 1. The highest BCUT2D eigenvalue weighted by Crippen LogP contribution is 2.26. The number of unbranched alkanes of at least 4 members (excludes halogenated alkanes) is 1. The zero-order valence-corrected chi connectivity index (χ0v) is 15.4. The number of nitrogens with one attached hydrogen (secondary N) is 1. The standard InChI is InChI=1S/C19H21BrN2O2/c1-3-4-8-18(23)22-17-7-5-6-16(11-17)21-12-14-10-15(20)9-13(2)19(14)24/h5-7,9-12,24H,3-4,8H2,1-2H3,(H,22,23). The molecule has 0 unspecified atom stereocenters. The van der Waals surface area contributed by atoms with Crippen LogP contribution >= 0.6 is 15.9 Å². The Morgan fingerprint density at radius 3 is 2.88 bits per heavy atom. The summed E-state index contributed by atoms with van der Waals surface area (Å²) >= 11 is 3.41. The SMILES string of the molecule is CCCCC(=O)Nc1cccc(N=Cc2cc(Br)cc(C)c2O)c1. The highest BCUT2D eigenvalue weighted by Gasteiger charge is 2.05. The Morgan fingerprint density at radius 2 is 2.12 bits per heavy atom. The Kier molecular flexibility index (Phi) is 6.55. The zero-order chi connectivity index (χ0) is 17.5. The van der Waals surface area contributed by atoms with Crippen LogP contribution in [0.15, 0.2) is 45.9 Å². The van der Waals surface area contributed by atoms with Gasteiger partial charge in [0.05, 0.1) is 5.69 Å². The van der Waals surface area contributed by atoms with E-state index in [4.69, 9.17) is 0 Å². The van der Waals surface area contributed by atoms with Crippen molar-refractivity contribution in [2.45, 2.75) is 33.1 Å². The van der Waals surface area contributed by atoms with Gasteiger partial charge in [0.25, 0.3) is 0 Å². The minimum atomic E-state index is 0.0123. The largest absolute Gasteiger partial charge is 0.507 e. The van der Waals surface area contributed by atoms with Crippen molar-refractivity contribution < 1.29 is 9.90 Å². The van der Waals surface area contributed by atoms with Gasteiger partial charge in [0.1, 0.15) is 5.75 Å². The van der Waals surface area contributed by atoms with Crippen LogP contribution in [0, 0.1) is 6.92 Å². The molecule has 2 aromatic rings. The maximum Gasteiger partial charge on any atom is 0.224 e. The van der Waals surface area contributed by atoms with E-state index in [0.717, 1.165) is 28.6 Å². The number of halogens is 1. The molecule has 5 heteroatoms. The molecular weight excluding hydrogens is 368 g/mol. The summed E-state index contributed by atoms with van der Waals surface area (Å²) in [6.07, 6.45) is 4.01. The monoisotopic (exact) mass is 388 g/mol. The van der Waals surface area contributed by atoms with E-state index in [9.17, 15) is 9.90 Å². The van der Waals surface area contributed by atoms with Crippen molar-refractivity contribution in [3.05, 3.63) is 52.0 Å². The Balaban J connectivity index is 2.13. The lowest BCUT2D eigenvalue weighted by molar-refractivity contribution is -0.116. The lowest BCUT2D eigenvalue weighted by Crippen LogP contribution is -2.10. The molecule has 0 aromatic heterocycles. The Hall–Kier alpha value is -2.14. The summed E-state index contributed by atoms with van der Waals surface area (Å²) in [6.45, 7) is 3.89. The van der Waals surface area contributed by atoms with Gasteiger partial charge in [-0.05, 0) is 49.2 Å². The van der Waals surface area contributed by atoms with Crippen LogP contribution < -0.4 is 5.32 Å². The normalized spacial score (nSPS) is 11.0. The van der Waals surface area contributed by atoms with E-state index in [-0.39, 0.29) is 11.7 Å². The summed E-state index contributed by atoms with van der Waals surface area (Å²) in [7, 11) is 0. The third-order valence-electron chi connectivity index (χ3n) is 3.53. The third kappa shape index (κ3) is 5.20. The average Bonchev–Trinajstić information content (AvgIpc) is 2.55. The van der Waals surface area contributed by atoms with Crippen molar-refractivity contribution in [1.29, 1.82) is 0 Å². The minimum absolute atomic E-state index is 0.0123. The number of aliphatic imine (C=N–C) groups is 1. The zero-order valence-electron chi connectivity index (χ0n) is 13.8. The topological polar surface area (TPSA) is 61.7 Å². The van der Waals surface area contributed by atoms with Gasteiger partial charge in [-0.2, -0.15) is 0 Å². The lowest BCUT2D eigenvalue weighted by atomic mass is 10.1. The molecule has 0 saturated carbocycles. The molecule has 0 heterocycles. The number of anilines is 1. The number of aryl methyl sites for hydroxylation is 1. The Labute approximate surface area is 150 Å². The number of amides is 1. The maximum absolute atomic E-state index is 11.8. The highest BCUT2D eigenvalue weighted by atomic mass is 79.9. The van der Waals surface area contributed by atoms with Gasteiger partial charge in [0, 0.05) is 28.4 Å². The van der Waals surface area contributed by atoms with Gasteiger partial charge in [0.15, 0.2) is 0 Å².